The van der Waals surface area contributed by atoms with Gasteiger partial charge in [0.15, 0.2) is 10.8 Å². The Bertz CT molecular complexity index is 1440. The standard InChI is InChI=1S/C21H15F3N6OS/c1-11(19-27-17(29-31-19)13-6-5-7-14(10-13)21(22,23)24)32-20-26-16-9-4-3-8-15(16)18-25-12(2)28-30(18)20/h3-11H,1-2H3. The summed E-state index contributed by atoms with van der Waals surface area (Å²) in [5.41, 5.74) is 0.925. The summed E-state index contributed by atoms with van der Waals surface area (Å²) in [6.45, 7) is 3.65. The van der Waals surface area contributed by atoms with Crippen molar-refractivity contribution in [2.45, 2.75) is 30.4 Å². The van der Waals surface area contributed by atoms with Crippen LogP contribution in [0, 0.1) is 6.92 Å². The first kappa shape index (κ1) is 20.4. The predicted octanol–water partition coefficient (Wildman–Crippen LogP) is 5.51. The van der Waals surface area contributed by atoms with Gasteiger partial charge < -0.3 is 4.52 Å². The third-order valence-corrected chi connectivity index (χ3v) is 5.81. The molecule has 0 radical (unpaired) electrons. The van der Waals surface area contributed by atoms with E-state index in [1.165, 1.54) is 23.9 Å². The topological polar surface area (TPSA) is 82.0 Å². The normalized spacial score (nSPS) is 13.2. The van der Waals surface area contributed by atoms with Crippen LogP contribution in [0.3, 0.4) is 0 Å². The fourth-order valence-corrected chi connectivity index (χ4v) is 4.16. The quantitative estimate of drug-likeness (QED) is 0.261. The van der Waals surface area contributed by atoms with Crippen LogP contribution in [-0.4, -0.2) is 29.7 Å². The van der Waals surface area contributed by atoms with E-state index in [9.17, 15) is 13.2 Å². The van der Waals surface area contributed by atoms with Crippen LogP contribution < -0.4 is 0 Å². The average molecular weight is 456 g/mol. The van der Waals surface area contributed by atoms with Gasteiger partial charge in [0.1, 0.15) is 5.82 Å². The molecule has 0 saturated heterocycles. The van der Waals surface area contributed by atoms with Crippen molar-refractivity contribution in [2.24, 2.45) is 0 Å². The molecule has 5 aromatic rings. The Balaban J connectivity index is 1.47. The summed E-state index contributed by atoms with van der Waals surface area (Å²) in [5.74, 6) is 0.969. The van der Waals surface area contributed by atoms with Gasteiger partial charge in [0.05, 0.1) is 16.3 Å². The Morgan fingerprint density at radius 3 is 2.66 bits per heavy atom. The molecule has 7 nitrogen and oxygen atoms in total. The lowest BCUT2D eigenvalue weighted by Crippen LogP contribution is -2.04. The van der Waals surface area contributed by atoms with Gasteiger partial charge in [-0.1, -0.05) is 41.2 Å². The van der Waals surface area contributed by atoms with Crippen LogP contribution in [0.25, 0.3) is 27.9 Å². The first-order valence-corrected chi connectivity index (χ1v) is 10.5. The van der Waals surface area contributed by atoms with Gasteiger partial charge in [0.25, 0.3) is 0 Å². The van der Waals surface area contributed by atoms with Crippen molar-refractivity contribution in [3.63, 3.8) is 0 Å². The van der Waals surface area contributed by atoms with E-state index in [0.29, 0.717) is 16.6 Å². The molecule has 162 valence electrons. The average Bonchev–Trinajstić information content (AvgIpc) is 3.40. The highest BCUT2D eigenvalue weighted by Crippen LogP contribution is 2.36. The molecule has 2 aromatic carbocycles. The summed E-state index contributed by atoms with van der Waals surface area (Å²) in [6.07, 6.45) is -4.45. The minimum absolute atomic E-state index is 0.0896. The van der Waals surface area contributed by atoms with Gasteiger partial charge >= 0.3 is 6.18 Å². The minimum Gasteiger partial charge on any atom is -0.338 e. The van der Waals surface area contributed by atoms with E-state index >= 15 is 0 Å². The Kier molecular flexibility index (Phi) is 4.85. The maximum atomic E-state index is 13.0. The highest BCUT2D eigenvalue weighted by atomic mass is 32.2. The zero-order chi connectivity index (χ0) is 22.5. The molecule has 0 aliphatic rings. The van der Waals surface area contributed by atoms with Gasteiger partial charge in [-0.15, -0.1) is 5.10 Å². The highest BCUT2D eigenvalue weighted by Gasteiger charge is 2.31. The van der Waals surface area contributed by atoms with E-state index in [1.807, 2.05) is 31.2 Å². The number of hydrogen-bond acceptors (Lipinski definition) is 7. The SMILES string of the molecule is Cc1nc2c3ccccc3nc(SC(C)c3nc(-c4cccc(C(F)(F)F)c4)no3)n2n1. The molecule has 0 bridgehead atoms. The number of fused-ring (bicyclic) bond motifs is 3. The van der Waals surface area contributed by atoms with E-state index in [2.05, 4.69) is 20.2 Å². The van der Waals surface area contributed by atoms with Crippen LogP contribution in [0.15, 0.2) is 58.2 Å². The summed E-state index contributed by atoms with van der Waals surface area (Å²) in [5, 5.41) is 9.45. The predicted molar refractivity (Wildman–Crippen MR) is 112 cm³/mol. The van der Waals surface area contributed by atoms with E-state index in [4.69, 9.17) is 9.51 Å². The number of aryl methyl sites for hydroxylation is 1. The summed E-state index contributed by atoms with van der Waals surface area (Å²) in [6, 6.07) is 12.5. The van der Waals surface area contributed by atoms with Gasteiger partial charge in [-0.2, -0.15) is 22.7 Å². The van der Waals surface area contributed by atoms with Crippen molar-refractivity contribution in [3.05, 3.63) is 65.8 Å². The van der Waals surface area contributed by atoms with Gasteiger partial charge in [0.2, 0.25) is 11.7 Å². The minimum atomic E-state index is -4.45. The van der Waals surface area contributed by atoms with Gasteiger partial charge in [-0.3, -0.25) is 0 Å². The van der Waals surface area contributed by atoms with Crippen LogP contribution in [0.2, 0.25) is 0 Å². The largest absolute Gasteiger partial charge is 0.416 e. The Labute approximate surface area is 183 Å². The molecule has 0 fully saturated rings. The second-order valence-corrected chi connectivity index (χ2v) is 8.41. The summed E-state index contributed by atoms with van der Waals surface area (Å²) in [7, 11) is 0. The molecular weight excluding hydrogens is 441 g/mol. The van der Waals surface area contributed by atoms with Crippen LogP contribution in [0.5, 0.6) is 0 Å². The van der Waals surface area contributed by atoms with Crippen molar-refractivity contribution >= 4 is 28.3 Å². The van der Waals surface area contributed by atoms with Crippen molar-refractivity contribution in [3.8, 4) is 11.4 Å². The first-order valence-electron chi connectivity index (χ1n) is 9.59. The van der Waals surface area contributed by atoms with Crippen molar-refractivity contribution in [1.82, 2.24) is 29.7 Å². The molecule has 1 unspecified atom stereocenters. The summed E-state index contributed by atoms with van der Waals surface area (Å²) in [4.78, 5) is 13.5. The molecule has 1 atom stereocenters. The lowest BCUT2D eigenvalue weighted by molar-refractivity contribution is -0.137. The molecule has 3 aromatic heterocycles. The first-order chi connectivity index (χ1) is 15.3. The summed E-state index contributed by atoms with van der Waals surface area (Å²) >= 11 is 1.34. The van der Waals surface area contributed by atoms with Crippen molar-refractivity contribution < 1.29 is 17.7 Å². The van der Waals surface area contributed by atoms with E-state index < -0.39 is 11.7 Å². The zero-order valence-electron chi connectivity index (χ0n) is 16.8. The lowest BCUT2D eigenvalue weighted by atomic mass is 10.1. The summed E-state index contributed by atoms with van der Waals surface area (Å²) < 4.78 is 46.1. The fraction of sp³-hybridized carbons (Fsp3) is 0.190. The number of hydrogen-bond donors (Lipinski definition) is 0. The third-order valence-electron chi connectivity index (χ3n) is 4.78. The third kappa shape index (κ3) is 3.68. The molecule has 0 saturated carbocycles. The fourth-order valence-electron chi connectivity index (χ4n) is 3.27. The molecule has 3 heterocycles. The molecule has 0 aliphatic carbocycles. The van der Waals surface area contributed by atoms with E-state index in [1.54, 1.807) is 11.4 Å². The molecule has 11 heteroatoms. The number of benzene rings is 2. The molecular formula is C21H15F3N6OS. The van der Waals surface area contributed by atoms with Gasteiger partial charge in [-0.25, -0.2) is 9.97 Å². The maximum Gasteiger partial charge on any atom is 0.416 e. The van der Waals surface area contributed by atoms with Gasteiger partial charge in [0, 0.05) is 10.9 Å². The van der Waals surface area contributed by atoms with Crippen molar-refractivity contribution in [1.29, 1.82) is 0 Å². The van der Waals surface area contributed by atoms with Gasteiger partial charge in [-0.05, 0) is 38.1 Å². The number of halogens is 3. The second kappa shape index (κ2) is 7.59. The molecule has 5 rings (SSSR count). The highest BCUT2D eigenvalue weighted by molar-refractivity contribution is 7.99. The van der Waals surface area contributed by atoms with Crippen LogP contribution >= 0.6 is 11.8 Å². The molecule has 0 spiro atoms. The molecule has 0 aliphatic heterocycles. The number of aromatic nitrogens is 6. The second-order valence-electron chi connectivity index (χ2n) is 7.10. The Hall–Kier alpha value is -3.47. The molecule has 0 amide bonds. The van der Waals surface area contributed by atoms with Crippen LogP contribution in [-0.2, 0) is 6.18 Å². The number of alkyl halides is 3. The van der Waals surface area contributed by atoms with Crippen LogP contribution in [0.4, 0.5) is 13.2 Å². The maximum absolute atomic E-state index is 13.0. The Morgan fingerprint density at radius 2 is 1.84 bits per heavy atom. The van der Waals surface area contributed by atoms with Crippen LogP contribution in [0.1, 0.15) is 29.5 Å². The zero-order valence-corrected chi connectivity index (χ0v) is 17.6. The Morgan fingerprint density at radius 1 is 1.03 bits per heavy atom. The number of thioether (sulfide) groups is 1. The van der Waals surface area contributed by atoms with E-state index in [-0.39, 0.29) is 22.5 Å². The number of para-hydroxylation sites is 1. The molecule has 32 heavy (non-hydrogen) atoms. The number of rotatable bonds is 4. The number of nitrogens with zero attached hydrogens (tertiary/aromatic N) is 6. The van der Waals surface area contributed by atoms with E-state index in [0.717, 1.165) is 23.0 Å². The molecule has 0 N–H and O–H groups in total. The monoisotopic (exact) mass is 456 g/mol. The van der Waals surface area contributed by atoms with Crippen molar-refractivity contribution in [2.75, 3.05) is 0 Å². The smallest absolute Gasteiger partial charge is 0.338 e. The lowest BCUT2D eigenvalue weighted by Gasteiger charge is -2.09.